The van der Waals surface area contributed by atoms with E-state index in [4.69, 9.17) is 9.63 Å². The number of nitrogens with zero attached hydrogens (tertiary/aromatic N) is 3. The maximum absolute atomic E-state index is 10.9. The summed E-state index contributed by atoms with van der Waals surface area (Å²) in [6.45, 7) is 2.45. The Morgan fingerprint density at radius 1 is 1.45 bits per heavy atom. The Bertz CT molecular complexity index is 600. The molecular weight excluding hydrogens is 326 g/mol. The van der Waals surface area contributed by atoms with Gasteiger partial charge in [-0.1, -0.05) is 33.2 Å². The average Bonchev–Trinajstić information content (AvgIpc) is 2.73. The average molecular weight is 340 g/mol. The molecule has 0 spiro atoms. The lowest BCUT2D eigenvalue weighted by Gasteiger charge is -2.18. The number of aliphatic carboxylic acids is 1. The first-order valence-electron chi connectivity index (χ1n) is 6.00. The van der Waals surface area contributed by atoms with Crippen molar-refractivity contribution < 1.29 is 14.4 Å². The second kappa shape index (κ2) is 6.62. The Labute approximate surface area is 124 Å². The van der Waals surface area contributed by atoms with Crippen LogP contribution in [-0.2, 0) is 17.9 Å². The number of carboxylic acids is 1. The molecule has 0 saturated carbocycles. The standard InChI is InChI=1S/C13H14BrN3O3/c1-9-15-12(16-20-9)7-17(8-13(18)19)6-10-3-2-4-11(14)5-10/h2-5H,6-8H2,1H3,(H,18,19). The van der Waals surface area contributed by atoms with E-state index in [0.717, 1.165) is 10.0 Å². The zero-order chi connectivity index (χ0) is 14.5. The summed E-state index contributed by atoms with van der Waals surface area (Å²) >= 11 is 3.40. The van der Waals surface area contributed by atoms with E-state index in [2.05, 4.69) is 26.1 Å². The lowest BCUT2D eigenvalue weighted by Crippen LogP contribution is -2.29. The van der Waals surface area contributed by atoms with Crippen LogP contribution in [0.1, 0.15) is 17.3 Å². The molecule has 0 amide bonds. The van der Waals surface area contributed by atoms with Gasteiger partial charge >= 0.3 is 5.97 Å². The van der Waals surface area contributed by atoms with Crippen molar-refractivity contribution in [3.8, 4) is 0 Å². The van der Waals surface area contributed by atoms with Gasteiger partial charge in [-0.15, -0.1) is 0 Å². The maximum atomic E-state index is 10.9. The number of hydrogen-bond donors (Lipinski definition) is 1. The van der Waals surface area contributed by atoms with Crippen molar-refractivity contribution in [1.29, 1.82) is 0 Å². The van der Waals surface area contributed by atoms with Gasteiger partial charge in [-0.3, -0.25) is 9.69 Å². The van der Waals surface area contributed by atoms with Gasteiger partial charge < -0.3 is 9.63 Å². The molecule has 0 fully saturated rings. The third-order valence-corrected chi connectivity index (χ3v) is 3.08. The van der Waals surface area contributed by atoms with Gasteiger partial charge in [0, 0.05) is 17.9 Å². The number of carboxylic acid groups (broad SMARTS) is 1. The molecule has 0 atom stereocenters. The Morgan fingerprint density at radius 2 is 2.25 bits per heavy atom. The van der Waals surface area contributed by atoms with Crippen molar-refractivity contribution in [2.45, 2.75) is 20.0 Å². The van der Waals surface area contributed by atoms with E-state index in [-0.39, 0.29) is 6.54 Å². The van der Waals surface area contributed by atoms with Crippen molar-refractivity contribution in [2.75, 3.05) is 6.54 Å². The van der Waals surface area contributed by atoms with Gasteiger partial charge in [0.15, 0.2) is 5.82 Å². The van der Waals surface area contributed by atoms with Crippen molar-refractivity contribution in [2.24, 2.45) is 0 Å². The van der Waals surface area contributed by atoms with Crippen LogP contribution >= 0.6 is 15.9 Å². The molecule has 1 aromatic heterocycles. The molecule has 0 saturated heterocycles. The molecule has 1 aromatic carbocycles. The number of benzene rings is 1. The summed E-state index contributed by atoms with van der Waals surface area (Å²) in [5.41, 5.74) is 1.01. The van der Waals surface area contributed by atoms with Gasteiger partial charge in [0.25, 0.3) is 0 Å². The van der Waals surface area contributed by atoms with Crippen LogP contribution in [0.5, 0.6) is 0 Å². The second-order valence-corrected chi connectivity index (χ2v) is 5.31. The van der Waals surface area contributed by atoms with E-state index in [1.807, 2.05) is 24.3 Å². The molecule has 106 valence electrons. The van der Waals surface area contributed by atoms with E-state index < -0.39 is 5.97 Å². The number of rotatable bonds is 6. The van der Waals surface area contributed by atoms with Crippen LogP contribution < -0.4 is 0 Å². The summed E-state index contributed by atoms with van der Waals surface area (Å²) in [7, 11) is 0. The fraction of sp³-hybridized carbons (Fsp3) is 0.308. The van der Waals surface area contributed by atoms with Gasteiger partial charge in [-0.25, -0.2) is 0 Å². The molecule has 6 nitrogen and oxygen atoms in total. The lowest BCUT2D eigenvalue weighted by molar-refractivity contribution is -0.138. The highest BCUT2D eigenvalue weighted by Crippen LogP contribution is 2.14. The number of hydrogen-bond acceptors (Lipinski definition) is 5. The number of aromatic nitrogens is 2. The largest absolute Gasteiger partial charge is 0.480 e. The highest BCUT2D eigenvalue weighted by atomic mass is 79.9. The molecule has 7 heteroatoms. The van der Waals surface area contributed by atoms with Crippen LogP contribution in [0.25, 0.3) is 0 Å². The van der Waals surface area contributed by atoms with Crippen molar-refractivity contribution in [1.82, 2.24) is 15.0 Å². The summed E-state index contributed by atoms with van der Waals surface area (Å²) in [6.07, 6.45) is 0. The molecule has 2 rings (SSSR count). The fourth-order valence-electron chi connectivity index (χ4n) is 1.86. The summed E-state index contributed by atoms with van der Waals surface area (Å²) in [5.74, 6) is 0.0664. The van der Waals surface area contributed by atoms with Crippen LogP contribution in [0.3, 0.4) is 0 Å². The van der Waals surface area contributed by atoms with Crippen molar-refractivity contribution in [3.63, 3.8) is 0 Å². The molecular formula is C13H14BrN3O3. The minimum Gasteiger partial charge on any atom is -0.480 e. The third kappa shape index (κ3) is 4.43. The first-order valence-corrected chi connectivity index (χ1v) is 6.80. The summed E-state index contributed by atoms with van der Waals surface area (Å²) in [6, 6.07) is 7.74. The minimum absolute atomic E-state index is 0.0832. The first kappa shape index (κ1) is 14.7. The molecule has 0 aliphatic carbocycles. The number of halogens is 1. The smallest absolute Gasteiger partial charge is 0.317 e. The summed E-state index contributed by atoms with van der Waals surface area (Å²) in [5, 5.41) is 12.8. The van der Waals surface area contributed by atoms with E-state index in [1.54, 1.807) is 11.8 Å². The predicted octanol–water partition coefficient (Wildman–Crippen LogP) is 2.23. The van der Waals surface area contributed by atoms with Gasteiger partial charge in [0.05, 0.1) is 13.1 Å². The van der Waals surface area contributed by atoms with Crippen LogP contribution in [0.2, 0.25) is 0 Å². The van der Waals surface area contributed by atoms with E-state index in [1.165, 1.54) is 0 Å². The summed E-state index contributed by atoms with van der Waals surface area (Å²) in [4.78, 5) is 16.8. The molecule has 20 heavy (non-hydrogen) atoms. The number of carbonyl (C=O) groups is 1. The van der Waals surface area contributed by atoms with Gasteiger partial charge in [0.1, 0.15) is 0 Å². The van der Waals surface area contributed by atoms with Crippen molar-refractivity contribution >= 4 is 21.9 Å². The van der Waals surface area contributed by atoms with Gasteiger partial charge in [-0.05, 0) is 17.7 Å². The van der Waals surface area contributed by atoms with Crippen LogP contribution in [0, 0.1) is 6.92 Å². The van der Waals surface area contributed by atoms with Crippen molar-refractivity contribution in [3.05, 3.63) is 46.0 Å². The summed E-state index contributed by atoms with van der Waals surface area (Å²) < 4.78 is 5.86. The van der Waals surface area contributed by atoms with E-state index >= 15 is 0 Å². The molecule has 0 aliphatic heterocycles. The van der Waals surface area contributed by atoms with Gasteiger partial charge in [0.2, 0.25) is 5.89 Å². The zero-order valence-corrected chi connectivity index (χ0v) is 12.5. The third-order valence-electron chi connectivity index (χ3n) is 2.59. The maximum Gasteiger partial charge on any atom is 0.317 e. The molecule has 2 aromatic rings. The predicted molar refractivity (Wildman–Crippen MR) is 74.9 cm³/mol. The highest BCUT2D eigenvalue weighted by Gasteiger charge is 2.14. The SMILES string of the molecule is Cc1nc(CN(CC(=O)O)Cc2cccc(Br)c2)no1. The van der Waals surface area contributed by atoms with Crippen LogP contribution in [0.4, 0.5) is 0 Å². The Morgan fingerprint density at radius 3 is 2.85 bits per heavy atom. The normalized spacial score (nSPS) is 10.9. The molecule has 1 N–H and O–H groups in total. The Kier molecular flexibility index (Phi) is 4.86. The molecule has 0 radical (unpaired) electrons. The second-order valence-electron chi connectivity index (χ2n) is 4.40. The fourth-order valence-corrected chi connectivity index (χ4v) is 2.30. The molecule has 0 unspecified atom stereocenters. The van der Waals surface area contributed by atoms with E-state index in [0.29, 0.717) is 24.8 Å². The molecule has 0 aliphatic rings. The highest BCUT2D eigenvalue weighted by molar-refractivity contribution is 9.10. The van der Waals surface area contributed by atoms with Gasteiger partial charge in [-0.2, -0.15) is 4.98 Å². The lowest BCUT2D eigenvalue weighted by atomic mass is 10.2. The minimum atomic E-state index is -0.889. The zero-order valence-electron chi connectivity index (χ0n) is 10.9. The monoisotopic (exact) mass is 339 g/mol. The van der Waals surface area contributed by atoms with Crippen LogP contribution in [0.15, 0.2) is 33.3 Å². The Hall–Kier alpha value is -1.73. The topological polar surface area (TPSA) is 79.5 Å². The quantitative estimate of drug-likeness (QED) is 0.869. The molecule has 1 heterocycles. The Balaban J connectivity index is 2.09. The first-order chi connectivity index (χ1) is 9.52. The molecule has 0 bridgehead atoms. The van der Waals surface area contributed by atoms with Crippen LogP contribution in [-0.4, -0.2) is 32.7 Å². The van der Waals surface area contributed by atoms with E-state index in [9.17, 15) is 4.79 Å². The number of aryl methyl sites for hydroxylation is 1.